The van der Waals surface area contributed by atoms with Crippen molar-refractivity contribution in [2.75, 3.05) is 7.11 Å². The zero-order valence-corrected chi connectivity index (χ0v) is 11.2. The lowest BCUT2D eigenvalue weighted by Gasteiger charge is -2.17. The fraction of sp³-hybridized carbons (Fsp3) is 0.417. The second-order valence-electron chi connectivity index (χ2n) is 4.61. The summed E-state index contributed by atoms with van der Waals surface area (Å²) in [4.78, 5) is 11.6. The molecule has 1 rings (SSSR count). The standard InChI is InChI=1S/C12H18O3Si/c1-14-11-7-5-10(6-8-11)9-12(13)15-16(2,3)4/h5-8H,9H2,1-4H3. The molecule has 0 aliphatic carbocycles. The van der Waals surface area contributed by atoms with Crippen LogP contribution in [0.3, 0.4) is 0 Å². The first kappa shape index (κ1) is 12.8. The predicted molar refractivity (Wildman–Crippen MR) is 66.1 cm³/mol. The van der Waals surface area contributed by atoms with Gasteiger partial charge >= 0.3 is 0 Å². The van der Waals surface area contributed by atoms with Gasteiger partial charge in [0.05, 0.1) is 13.5 Å². The molecule has 0 N–H and O–H groups in total. The Balaban J connectivity index is 2.56. The van der Waals surface area contributed by atoms with Crippen molar-refractivity contribution in [1.82, 2.24) is 0 Å². The van der Waals surface area contributed by atoms with Gasteiger partial charge in [0.25, 0.3) is 5.97 Å². The van der Waals surface area contributed by atoms with E-state index in [-0.39, 0.29) is 5.97 Å². The Morgan fingerprint density at radius 1 is 1.19 bits per heavy atom. The number of carbonyl (C=O) groups is 1. The van der Waals surface area contributed by atoms with Crippen LogP contribution in [0.1, 0.15) is 5.56 Å². The van der Waals surface area contributed by atoms with Crippen LogP contribution in [0.5, 0.6) is 5.75 Å². The van der Waals surface area contributed by atoms with Gasteiger partial charge < -0.3 is 9.16 Å². The first-order valence-electron chi connectivity index (χ1n) is 5.25. The molecule has 1 aromatic carbocycles. The van der Waals surface area contributed by atoms with Crippen molar-refractivity contribution < 1.29 is 14.0 Å². The molecule has 0 aliphatic heterocycles. The zero-order chi connectivity index (χ0) is 12.2. The molecule has 0 heterocycles. The minimum absolute atomic E-state index is 0.149. The van der Waals surface area contributed by atoms with Crippen LogP contribution in [0, 0.1) is 0 Å². The van der Waals surface area contributed by atoms with Gasteiger partial charge in [-0.2, -0.15) is 0 Å². The third kappa shape index (κ3) is 4.48. The average molecular weight is 238 g/mol. The Kier molecular flexibility index (Phi) is 4.12. The van der Waals surface area contributed by atoms with Gasteiger partial charge in [0.1, 0.15) is 5.75 Å². The maximum Gasteiger partial charge on any atom is 0.296 e. The van der Waals surface area contributed by atoms with Gasteiger partial charge in [0.2, 0.25) is 8.32 Å². The van der Waals surface area contributed by atoms with E-state index in [2.05, 4.69) is 0 Å². The quantitative estimate of drug-likeness (QED) is 0.756. The highest BCUT2D eigenvalue weighted by molar-refractivity contribution is 6.71. The normalized spacial score (nSPS) is 11.0. The SMILES string of the molecule is COc1ccc(CC(=O)O[Si](C)(C)C)cc1. The average Bonchev–Trinajstić information content (AvgIpc) is 2.16. The predicted octanol–water partition coefficient (Wildman–Crippen LogP) is 2.62. The highest BCUT2D eigenvalue weighted by Crippen LogP contribution is 2.13. The molecule has 0 radical (unpaired) electrons. The summed E-state index contributed by atoms with van der Waals surface area (Å²) in [5.74, 6) is 0.645. The van der Waals surface area contributed by atoms with Gasteiger partial charge in [0.15, 0.2) is 0 Å². The highest BCUT2D eigenvalue weighted by Gasteiger charge is 2.19. The maximum atomic E-state index is 11.6. The Labute approximate surface area is 97.5 Å². The Bertz CT molecular complexity index is 352. The molecule has 16 heavy (non-hydrogen) atoms. The molecule has 0 spiro atoms. The van der Waals surface area contributed by atoms with Crippen LogP contribution >= 0.6 is 0 Å². The van der Waals surface area contributed by atoms with E-state index in [1.807, 2.05) is 43.9 Å². The summed E-state index contributed by atoms with van der Waals surface area (Å²) >= 11 is 0. The van der Waals surface area contributed by atoms with Crippen molar-refractivity contribution in [2.24, 2.45) is 0 Å². The van der Waals surface area contributed by atoms with E-state index in [1.165, 1.54) is 0 Å². The molecule has 4 heteroatoms. The van der Waals surface area contributed by atoms with Crippen molar-refractivity contribution >= 4 is 14.3 Å². The first-order chi connectivity index (χ1) is 7.40. The number of methoxy groups -OCH3 is 1. The molecule has 0 atom stereocenters. The number of benzene rings is 1. The molecule has 0 fully saturated rings. The van der Waals surface area contributed by atoms with Crippen LogP contribution in [-0.2, 0) is 15.6 Å². The van der Waals surface area contributed by atoms with Crippen molar-refractivity contribution in [3.05, 3.63) is 29.8 Å². The number of carbonyl (C=O) groups excluding carboxylic acids is 1. The summed E-state index contributed by atoms with van der Waals surface area (Å²) in [6.07, 6.45) is 0.328. The molecule has 1 aromatic rings. The van der Waals surface area contributed by atoms with Gasteiger partial charge in [-0.15, -0.1) is 0 Å². The van der Waals surface area contributed by atoms with E-state index >= 15 is 0 Å². The van der Waals surface area contributed by atoms with Crippen molar-refractivity contribution in [1.29, 1.82) is 0 Å². The van der Waals surface area contributed by atoms with Crippen molar-refractivity contribution in [3.8, 4) is 5.75 Å². The lowest BCUT2D eigenvalue weighted by atomic mass is 10.1. The number of hydrogen-bond acceptors (Lipinski definition) is 3. The highest BCUT2D eigenvalue weighted by atomic mass is 28.4. The minimum Gasteiger partial charge on any atom is -0.520 e. The number of ether oxygens (including phenoxy) is 1. The largest absolute Gasteiger partial charge is 0.520 e. The molecule has 3 nitrogen and oxygen atoms in total. The molecule has 0 amide bonds. The molecule has 0 saturated carbocycles. The lowest BCUT2D eigenvalue weighted by Crippen LogP contribution is -2.29. The summed E-state index contributed by atoms with van der Waals surface area (Å²) in [6.45, 7) is 6.00. The Hall–Kier alpha value is -1.29. The molecule has 0 aliphatic rings. The van der Waals surface area contributed by atoms with Crippen LogP contribution in [0.2, 0.25) is 19.6 Å². The third-order valence-electron chi connectivity index (χ3n) is 1.93. The molecular weight excluding hydrogens is 220 g/mol. The lowest BCUT2D eigenvalue weighted by molar-refractivity contribution is -0.134. The van der Waals surface area contributed by atoms with Crippen LogP contribution in [-0.4, -0.2) is 21.4 Å². The van der Waals surface area contributed by atoms with Crippen LogP contribution in [0.4, 0.5) is 0 Å². The van der Waals surface area contributed by atoms with Gasteiger partial charge in [-0.05, 0) is 37.3 Å². The number of hydrogen-bond donors (Lipinski definition) is 0. The van der Waals surface area contributed by atoms with Crippen LogP contribution in [0.15, 0.2) is 24.3 Å². The van der Waals surface area contributed by atoms with E-state index < -0.39 is 8.32 Å². The van der Waals surface area contributed by atoms with Gasteiger partial charge in [0, 0.05) is 0 Å². The van der Waals surface area contributed by atoms with E-state index in [1.54, 1.807) is 7.11 Å². The smallest absolute Gasteiger partial charge is 0.296 e. The van der Waals surface area contributed by atoms with Crippen LogP contribution in [0.25, 0.3) is 0 Å². The zero-order valence-electron chi connectivity index (χ0n) is 10.2. The fourth-order valence-electron chi connectivity index (χ4n) is 1.29. The summed E-state index contributed by atoms with van der Waals surface area (Å²) in [6, 6.07) is 7.45. The monoisotopic (exact) mass is 238 g/mol. The summed E-state index contributed by atoms with van der Waals surface area (Å²) in [7, 11) is -0.147. The molecule has 88 valence electrons. The summed E-state index contributed by atoms with van der Waals surface area (Å²) in [5, 5.41) is 0. The fourth-order valence-corrected chi connectivity index (χ4v) is 2.04. The van der Waals surface area contributed by atoms with E-state index in [0.717, 1.165) is 11.3 Å². The molecular formula is C12H18O3Si. The van der Waals surface area contributed by atoms with Crippen molar-refractivity contribution in [3.63, 3.8) is 0 Å². The van der Waals surface area contributed by atoms with E-state index in [9.17, 15) is 4.79 Å². The van der Waals surface area contributed by atoms with Gasteiger partial charge in [-0.3, -0.25) is 4.79 Å². The second kappa shape index (κ2) is 5.16. The van der Waals surface area contributed by atoms with Crippen LogP contribution < -0.4 is 4.74 Å². The molecule has 0 aromatic heterocycles. The maximum absolute atomic E-state index is 11.6. The van der Waals surface area contributed by atoms with Gasteiger partial charge in [-0.1, -0.05) is 12.1 Å². The first-order valence-corrected chi connectivity index (χ1v) is 8.66. The molecule has 0 saturated heterocycles. The van der Waals surface area contributed by atoms with Crippen molar-refractivity contribution in [2.45, 2.75) is 26.1 Å². The molecule has 0 bridgehead atoms. The number of rotatable bonds is 4. The Morgan fingerprint density at radius 2 is 1.75 bits per heavy atom. The summed E-state index contributed by atoms with van der Waals surface area (Å²) in [5.41, 5.74) is 0.948. The van der Waals surface area contributed by atoms with Gasteiger partial charge in [-0.25, -0.2) is 0 Å². The minimum atomic E-state index is -1.77. The van der Waals surface area contributed by atoms with E-state index in [0.29, 0.717) is 6.42 Å². The third-order valence-corrected chi connectivity index (χ3v) is 2.77. The Morgan fingerprint density at radius 3 is 2.19 bits per heavy atom. The second-order valence-corrected chi connectivity index (χ2v) is 9.04. The summed E-state index contributed by atoms with van der Waals surface area (Å²) < 4.78 is 10.4. The molecule has 0 unspecified atom stereocenters. The van der Waals surface area contributed by atoms with E-state index in [4.69, 9.17) is 9.16 Å². The topological polar surface area (TPSA) is 35.5 Å².